The molecule has 3 aromatic rings. The van der Waals surface area contributed by atoms with Crippen LogP contribution in [-0.4, -0.2) is 16.1 Å². The molecule has 0 radical (unpaired) electrons. The number of benzene rings is 2. The zero-order chi connectivity index (χ0) is 17.2. The van der Waals surface area contributed by atoms with E-state index in [1.54, 1.807) is 6.07 Å². The van der Waals surface area contributed by atoms with Crippen molar-refractivity contribution in [3.8, 4) is 5.75 Å². The fourth-order valence-electron chi connectivity index (χ4n) is 3.83. The number of amides is 1. The van der Waals surface area contributed by atoms with Crippen LogP contribution in [0.4, 0.5) is 4.79 Å². The lowest BCUT2D eigenvalue weighted by molar-refractivity contribution is 0.211. The minimum Gasteiger partial charge on any atom is -0.408 e. The second kappa shape index (κ2) is 6.59. The van der Waals surface area contributed by atoms with Gasteiger partial charge in [-0.15, -0.1) is 0 Å². The highest BCUT2D eigenvalue weighted by molar-refractivity contribution is 5.84. The molecule has 0 atom stereocenters. The first kappa shape index (κ1) is 15.7. The van der Waals surface area contributed by atoms with E-state index in [9.17, 15) is 4.79 Å². The number of primary amides is 1. The molecule has 4 rings (SSSR count). The average molecular weight is 335 g/mol. The Bertz CT molecular complexity index is 880. The van der Waals surface area contributed by atoms with Crippen LogP contribution in [0.3, 0.4) is 0 Å². The van der Waals surface area contributed by atoms with Crippen LogP contribution in [0, 0.1) is 0 Å². The first-order chi connectivity index (χ1) is 12.2. The molecule has 0 spiro atoms. The third kappa shape index (κ3) is 3.22. The molecule has 0 aliphatic heterocycles. The van der Waals surface area contributed by atoms with E-state index in [1.165, 1.54) is 5.56 Å². The molecule has 1 aliphatic carbocycles. The van der Waals surface area contributed by atoms with Crippen LogP contribution < -0.4 is 10.5 Å². The highest BCUT2D eigenvalue weighted by Gasteiger charge is 2.25. The largest absolute Gasteiger partial charge is 0.410 e. The van der Waals surface area contributed by atoms with E-state index in [4.69, 9.17) is 15.5 Å². The van der Waals surface area contributed by atoms with Gasteiger partial charge in [0.2, 0.25) is 0 Å². The van der Waals surface area contributed by atoms with Crippen molar-refractivity contribution in [2.45, 2.75) is 37.5 Å². The van der Waals surface area contributed by atoms with Crippen LogP contribution in [0.5, 0.6) is 5.75 Å². The van der Waals surface area contributed by atoms with Crippen molar-refractivity contribution in [1.82, 2.24) is 9.97 Å². The minimum atomic E-state index is -0.819. The summed E-state index contributed by atoms with van der Waals surface area (Å²) in [7, 11) is 0. The van der Waals surface area contributed by atoms with Crippen molar-refractivity contribution in [2.75, 3.05) is 0 Å². The summed E-state index contributed by atoms with van der Waals surface area (Å²) in [6.07, 6.45) is 3.71. The van der Waals surface area contributed by atoms with Gasteiger partial charge in [-0.2, -0.15) is 0 Å². The molecule has 0 bridgehead atoms. The SMILES string of the molecule is NC(=O)Oc1cccc2[nH]c(C3CCC(c4ccccc4)CC3)nc12. The lowest BCUT2D eigenvalue weighted by atomic mass is 9.78. The van der Waals surface area contributed by atoms with Crippen LogP contribution in [-0.2, 0) is 0 Å². The van der Waals surface area contributed by atoms with Crippen molar-refractivity contribution in [3.63, 3.8) is 0 Å². The summed E-state index contributed by atoms with van der Waals surface area (Å²) in [6.45, 7) is 0. The number of nitrogens with two attached hydrogens (primary N) is 1. The van der Waals surface area contributed by atoms with Gasteiger partial charge in [-0.1, -0.05) is 36.4 Å². The Balaban J connectivity index is 1.52. The van der Waals surface area contributed by atoms with Gasteiger partial charge in [0, 0.05) is 5.92 Å². The van der Waals surface area contributed by atoms with Crippen molar-refractivity contribution in [2.24, 2.45) is 5.73 Å². The number of hydrogen-bond acceptors (Lipinski definition) is 3. The predicted octanol–water partition coefficient (Wildman–Crippen LogP) is 4.46. The minimum absolute atomic E-state index is 0.408. The molecule has 1 amide bonds. The number of carbonyl (C=O) groups excluding carboxylic acids is 1. The van der Waals surface area contributed by atoms with Gasteiger partial charge < -0.3 is 15.5 Å². The zero-order valence-electron chi connectivity index (χ0n) is 13.9. The number of para-hydroxylation sites is 1. The molecule has 0 saturated heterocycles. The Hall–Kier alpha value is -2.82. The van der Waals surface area contributed by atoms with Gasteiger partial charge in [0.1, 0.15) is 11.3 Å². The van der Waals surface area contributed by atoms with Crippen LogP contribution in [0.2, 0.25) is 0 Å². The molecule has 25 heavy (non-hydrogen) atoms. The normalized spacial score (nSPS) is 20.5. The quantitative estimate of drug-likeness (QED) is 0.741. The number of ether oxygens (including phenoxy) is 1. The Labute approximate surface area is 146 Å². The number of fused-ring (bicyclic) bond motifs is 1. The maximum atomic E-state index is 11.1. The lowest BCUT2D eigenvalue weighted by Gasteiger charge is -2.27. The number of aromatic amines is 1. The summed E-state index contributed by atoms with van der Waals surface area (Å²) in [5.41, 5.74) is 8.11. The van der Waals surface area contributed by atoms with Crippen molar-refractivity contribution in [3.05, 3.63) is 59.9 Å². The molecule has 3 N–H and O–H groups in total. The molecular formula is C20H21N3O2. The average Bonchev–Trinajstić information content (AvgIpc) is 3.08. The number of carbonyl (C=O) groups is 1. The Morgan fingerprint density at radius 3 is 2.44 bits per heavy atom. The summed E-state index contributed by atoms with van der Waals surface area (Å²) >= 11 is 0. The number of H-pyrrole nitrogens is 1. The Morgan fingerprint density at radius 2 is 1.72 bits per heavy atom. The van der Waals surface area contributed by atoms with E-state index in [-0.39, 0.29) is 0 Å². The highest BCUT2D eigenvalue weighted by Crippen LogP contribution is 2.40. The number of nitrogens with zero attached hydrogens (tertiary/aromatic N) is 1. The van der Waals surface area contributed by atoms with E-state index in [2.05, 4.69) is 35.3 Å². The van der Waals surface area contributed by atoms with Crippen molar-refractivity contribution >= 4 is 17.1 Å². The molecular weight excluding hydrogens is 314 g/mol. The molecule has 128 valence electrons. The Morgan fingerprint density at radius 1 is 1.00 bits per heavy atom. The van der Waals surface area contributed by atoms with Gasteiger partial charge in [-0.25, -0.2) is 9.78 Å². The molecule has 1 saturated carbocycles. The van der Waals surface area contributed by atoms with Crippen molar-refractivity contribution in [1.29, 1.82) is 0 Å². The van der Waals surface area contributed by atoms with Gasteiger partial charge in [0.25, 0.3) is 0 Å². The molecule has 1 heterocycles. The van der Waals surface area contributed by atoms with E-state index in [0.717, 1.165) is 37.0 Å². The summed E-state index contributed by atoms with van der Waals surface area (Å²) in [4.78, 5) is 19.1. The van der Waals surface area contributed by atoms with E-state index in [1.807, 2.05) is 12.1 Å². The van der Waals surface area contributed by atoms with Crippen LogP contribution in [0.25, 0.3) is 11.0 Å². The third-order valence-corrected chi connectivity index (χ3v) is 5.09. The molecule has 1 fully saturated rings. The number of imidazole rings is 1. The summed E-state index contributed by atoms with van der Waals surface area (Å²) in [5.74, 6) is 2.43. The number of rotatable bonds is 3. The second-order valence-electron chi connectivity index (χ2n) is 6.65. The predicted molar refractivity (Wildman–Crippen MR) is 96.7 cm³/mol. The number of nitrogens with one attached hydrogen (secondary N) is 1. The molecule has 2 aromatic carbocycles. The lowest BCUT2D eigenvalue weighted by Crippen LogP contribution is -2.16. The van der Waals surface area contributed by atoms with Crippen LogP contribution in [0.1, 0.15) is 48.9 Å². The summed E-state index contributed by atoms with van der Waals surface area (Å²) in [6, 6.07) is 16.2. The molecule has 5 nitrogen and oxygen atoms in total. The van der Waals surface area contributed by atoms with Gasteiger partial charge in [0.15, 0.2) is 5.75 Å². The molecule has 1 aliphatic rings. The van der Waals surface area contributed by atoms with E-state index in [0.29, 0.717) is 23.1 Å². The standard InChI is InChI=1S/C20H21N3O2/c21-20(24)25-17-8-4-7-16-18(17)23-19(22-16)15-11-9-14(10-12-15)13-5-2-1-3-6-13/h1-8,14-15H,9-12H2,(H2,21,24)(H,22,23). The van der Waals surface area contributed by atoms with Gasteiger partial charge >= 0.3 is 6.09 Å². The summed E-state index contributed by atoms with van der Waals surface area (Å²) < 4.78 is 5.06. The fourth-order valence-corrected chi connectivity index (χ4v) is 3.83. The van der Waals surface area contributed by atoms with Gasteiger partial charge in [-0.3, -0.25) is 0 Å². The Kier molecular flexibility index (Phi) is 4.14. The van der Waals surface area contributed by atoms with Gasteiger partial charge in [0.05, 0.1) is 5.52 Å². The third-order valence-electron chi connectivity index (χ3n) is 5.09. The van der Waals surface area contributed by atoms with Crippen LogP contribution in [0.15, 0.2) is 48.5 Å². The van der Waals surface area contributed by atoms with E-state index < -0.39 is 6.09 Å². The van der Waals surface area contributed by atoms with Crippen LogP contribution >= 0.6 is 0 Å². The molecule has 5 heteroatoms. The number of hydrogen-bond donors (Lipinski definition) is 2. The topological polar surface area (TPSA) is 81.0 Å². The van der Waals surface area contributed by atoms with Gasteiger partial charge in [-0.05, 0) is 49.3 Å². The molecule has 0 unspecified atom stereocenters. The number of aromatic nitrogens is 2. The monoisotopic (exact) mass is 335 g/mol. The highest BCUT2D eigenvalue weighted by atomic mass is 16.5. The first-order valence-electron chi connectivity index (χ1n) is 8.71. The first-order valence-corrected chi connectivity index (χ1v) is 8.71. The zero-order valence-corrected chi connectivity index (χ0v) is 13.9. The summed E-state index contributed by atoms with van der Waals surface area (Å²) in [5, 5.41) is 0. The van der Waals surface area contributed by atoms with Crippen molar-refractivity contribution < 1.29 is 9.53 Å². The smallest absolute Gasteiger partial charge is 0.408 e. The maximum absolute atomic E-state index is 11.1. The van der Waals surface area contributed by atoms with E-state index >= 15 is 0 Å². The fraction of sp³-hybridized carbons (Fsp3) is 0.300. The molecule has 1 aromatic heterocycles. The maximum Gasteiger partial charge on any atom is 0.410 e. The second-order valence-corrected chi connectivity index (χ2v) is 6.65.